The summed E-state index contributed by atoms with van der Waals surface area (Å²) in [5.74, 6) is -0.128. The second kappa shape index (κ2) is 5.17. The van der Waals surface area contributed by atoms with E-state index < -0.39 is 0 Å². The van der Waals surface area contributed by atoms with Gasteiger partial charge in [0.05, 0.1) is 5.69 Å². The molecular formula is C13H17BrFN. The molecule has 1 fully saturated rings. The van der Waals surface area contributed by atoms with Crippen LogP contribution in [0.3, 0.4) is 0 Å². The molecule has 1 aromatic rings. The average Bonchev–Trinajstić information content (AvgIpc) is 2.32. The lowest BCUT2D eigenvalue weighted by Gasteiger charge is -2.33. The van der Waals surface area contributed by atoms with E-state index in [0.717, 1.165) is 4.47 Å². The van der Waals surface area contributed by atoms with Crippen molar-refractivity contribution in [3.63, 3.8) is 0 Å². The fraction of sp³-hybridized carbons (Fsp3) is 0.538. The van der Waals surface area contributed by atoms with Crippen LogP contribution < -0.4 is 4.90 Å². The predicted octanol–water partition coefficient (Wildman–Crippen LogP) is 4.36. The quantitative estimate of drug-likeness (QED) is 0.781. The Kier molecular flexibility index (Phi) is 3.85. The molecule has 0 aromatic heterocycles. The third kappa shape index (κ3) is 2.57. The number of hydrogen-bond acceptors (Lipinski definition) is 1. The van der Waals surface area contributed by atoms with Crippen LogP contribution in [-0.4, -0.2) is 13.1 Å². The molecule has 0 bridgehead atoms. The summed E-state index contributed by atoms with van der Waals surface area (Å²) in [5.41, 5.74) is 0.710. The highest BCUT2D eigenvalue weighted by Crippen LogP contribution is 2.29. The van der Waals surface area contributed by atoms with Gasteiger partial charge in [0.25, 0.3) is 0 Å². The molecule has 0 aliphatic heterocycles. The molecule has 0 N–H and O–H groups in total. The van der Waals surface area contributed by atoms with Gasteiger partial charge in [-0.05, 0) is 31.0 Å². The van der Waals surface area contributed by atoms with Gasteiger partial charge in [-0.15, -0.1) is 0 Å². The summed E-state index contributed by atoms with van der Waals surface area (Å²) in [6, 6.07) is 5.63. The Hall–Kier alpha value is -0.570. The summed E-state index contributed by atoms with van der Waals surface area (Å²) in [7, 11) is 2.00. The molecule has 3 heteroatoms. The predicted molar refractivity (Wildman–Crippen MR) is 69.4 cm³/mol. The average molecular weight is 286 g/mol. The summed E-state index contributed by atoms with van der Waals surface area (Å²) in [6.45, 7) is 0. The van der Waals surface area contributed by atoms with Gasteiger partial charge in [0.2, 0.25) is 0 Å². The van der Waals surface area contributed by atoms with Crippen molar-refractivity contribution in [2.45, 2.75) is 38.1 Å². The van der Waals surface area contributed by atoms with Crippen LogP contribution >= 0.6 is 15.9 Å². The first-order valence-electron chi connectivity index (χ1n) is 5.86. The molecule has 16 heavy (non-hydrogen) atoms. The topological polar surface area (TPSA) is 3.24 Å². The Morgan fingerprint density at radius 3 is 2.62 bits per heavy atom. The van der Waals surface area contributed by atoms with Gasteiger partial charge in [0.1, 0.15) is 5.82 Å². The summed E-state index contributed by atoms with van der Waals surface area (Å²) >= 11 is 3.40. The molecule has 0 saturated heterocycles. The molecule has 0 radical (unpaired) electrons. The number of nitrogens with zero attached hydrogens (tertiary/aromatic N) is 1. The van der Waals surface area contributed by atoms with Gasteiger partial charge < -0.3 is 4.90 Å². The molecule has 1 aromatic carbocycles. The first-order chi connectivity index (χ1) is 7.68. The van der Waals surface area contributed by atoms with Crippen molar-refractivity contribution in [2.75, 3.05) is 11.9 Å². The van der Waals surface area contributed by atoms with Gasteiger partial charge in [-0.3, -0.25) is 0 Å². The van der Waals surface area contributed by atoms with Crippen LogP contribution in [0.2, 0.25) is 0 Å². The number of anilines is 1. The summed E-state index contributed by atoms with van der Waals surface area (Å²) in [6.07, 6.45) is 6.23. The van der Waals surface area contributed by atoms with E-state index in [1.54, 1.807) is 6.07 Å². The highest BCUT2D eigenvalue weighted by molar-refractivity contribution is 9.10. The Labute approximate surface area is 105 Å². The largest absolute Gasteiger partial charge is 0.369 e. The molecule has 0 heterocycles. The van der Waals surface area contributed by atoms with Crippen molar-refractivity contribution >= 4 is 21.6 Å². The SMILES string of the molecule is CN(c1cc(Br)ccc1F)C1CCCCC1. The van der Waals surface area contributed by atoms with E-state index in [4.69, 9.17) is 0 Å². The number of benzene rings is 1. The minimum atomic E-state index is -0.128. The molecule has 88 valence electrons. The Morgan fingerprint density at radius 1 is 1.25 bits per heavy atom. The molecule has 2 rings (SSSR count). The third-order valence-electron chi connectivity index (χ3n) is 3.41. The summed E-state index contributed by atoms with van der Waals surface area (Å²) in [5, 5.41) is 0. The standard InChI is InChI=1S/C13H17BrFN/c1-16(11-5-3-2-4-6-11)13-9-10(14)7-8-12(13)15/h7-9,11H,2-6H2,1H3. The van der Waals surface area contributed by atoms with Gasteiger partial charge >= 0.3 is 0 Å². The van der Waals surface area contributed by atoms with Crippen LogP contribution in [0.15, 0.2) is 22.7 Å². The smallest absolute Gasteiger partial charge is 0.146 e. The van der Waals surface area contributed by atoms with Crippen LogP contribution in [0, 0.1) is 5.82 Å². The molecule has 1 aliphatic carbocycles. The number of hydrogen-bond donors (Lipinski definition) is 0. The maximum atomic E-state index is 13.7. The highest BCUT2D eigenvalue weighted by Gasteiger charge is 2.20. The molecule has 0 spiro atoms. The van der Waals surface area contributed by atoms with Crippen molar-refractivity contribution in [1.29, 1.82) is 0 Å². The van der Waals surface area contributed by atoms with Crippen molar-refractivity contribution < 1.29 is 4.39 Å². The zero-order valence-corrected chi connectivity index (χ0v) is 11.1. The fourth-order valence-electron chi connectivity index (χ4n) is 2.42. The molecule has 1 nitrogen and oxygen atoms in total. The molecule has 1 saturated carbocycles. The van der Waals surface area contributed by atoms with Crippen molar-refractivity contribution in [2.24, 2.45) is 0 Å². The van der Waals surface area contributed by atoms with Gasteiger partial charge in [-0.25, -0.2) is 4.39 Å². The van der Waals surface area contributed by atoms with E-state index in [-0.39, 0.29) is 5.82 Å². The fourth-order valence-corrected chi connectivity index (χ4v) is 2.77. The van der Waals surface area contributed by atoms with E-state index in [1.165, 1.54) is 38.2 Å². The first kappa shape index (κ1) is 11.9. The molecule has 0 unspecified atom stereocenters. The molecular weight excluding hydrogens is 269 g/mol. The Balaban J connectivity index is 2.18. The van der Waals surface area contributed by atoms with Crippen LogP contribution in [0.5, 0.6) is 0 Å². The maximum Gasteiger partial charge on any atom is 0.146 e. The lowest BCUT2D eigenvalue weighted by atomic mass is 9.94. The zero-order valence-electron chi connectivity index (χ0n) is 9.55. The third-order valence-corrected chi connectivity index (χ3v) is 3.90. The second-order valence-electron chi connectivity index (χ2n) is 4.50. The van der Waals surface area contributed by atoms with Crippen LogP contribution in [0.1, 0.15) is 32.1 Å². The van der Waals surface area contributed by atoms with E-state index in [9.17, 15) is 4.39 Å². The lowest BCUT2D eigenvalue weighted by molar-refractivity contribution is 0.424. The van der Waals surface area contributed by atoms with Gasteiger partial charge in [-0.1, -0.05) is 35.2 Å². The number of rotatable bonds is 2. The van der Waals surface area contributed by atoms with Crippen molar-refractivity contribution in [1.82, 2.24) is 0 Å². The normalized spacial score (nSPS) is 17.4. The van der Waals surface area contributed by atoms with Crippen LogP contribution in [0.4, 0.5) is 10.1 Å². The minimum Gasteiger partial charge on any atom is -0.369 e. The lowest BCUT2D eigenvalue weighted by Crippen LogP contribution is -2.33. The van der Waals surface area contributed by atoms with Crippen LogP contribution in [0.25, 0.3) is 0 Å². The van der Waals surface area contributed by atoms with E-state index in [0.29, 0.717) is 11.7 Å². The highest BCUT2D eigenvalue weighted by atomic mass is 79.9. The van der Waals surface area contributed by atoms with Gasteiger partial charge in [-0.2, -0.15) is 0 Å². The van der Waals surface area contributed by atoms with Crippen LogP contribution in [-0.2, 0) is 0 Å². The maximum absolute atomic E-state index is 13.7. The van der Waals surface area contributed by atoms with E-state index in [1.807, 2.05) is 13.1 Å². The molecule has 0 atom stereocenters. The van der Waals surface area contributed by atoms with E-state index in [2.05, 4.69) is 20.8 Å². The molecule has 0 amide bonds. The molecule has 1 aliphatic rings. The second-order valence-corrected chi connectivity index (χ2v) is 5.41. The van der Waals surface area contributed by atoms with Crippen molar-refractivity contribution in [3.05, 3.63) is 28.5 Å². The first-order valence-corrected chi connectivity index (χ1v) is 6.65. The summed E-state index contributed by atoms with van der Waals surface area (Å²) < 4.78 is 14.6. The van der Waals surface area contributed by atoms with Gasteiger partial charge in [0, 0.05) is 17.6 Å². The minimum absolute atomic E-state index is 0.128. The number of halogens is 2. The zero-order chi connectivity index (χ0) is 11.5. The van der Waals surface area contributed by atoms with E-state index >= 15 is 0 Å². The van der Waals surface area contributed by atoms with Crippen molar-refractivity contribution in [3.8, 4) is 0 Å². The Morgan fingerprint density at radius 2 is 1.94 bits per heavy atom. The van der Waals surface area contributed by atoms with Gasteiger partial charge in [0.15, 0.2) is 0 Å². The monoisotopic (exact) mass is 285 g/mol. The Bertz CT molecular complexity index is 361. The summed E-state index contributed by atoms with van der Waals surface area (Å²) in [4.78, 5) is 2.10.